The fraction of sp³-hybridized carbons (Fsp3) is 0.300. The number of nitrogens with zero attached hydrogens (tertiary/aromatic N) is 4. The van der Waals surface area contributed by atoms with Gasteiger partial charge in [-0.1, -0.05) is 11.6 Å². The van der Waals surface area contributed by atoms with Crippen LogP contribution in [-0.2, 0) is 4.74 Å². The molecule has 1 N–H and O–H groups in total. The molecule has 7 heteroatoms. The summed E-state index contributed by atoms with van der Waals surface area (Å²) < 4.78 is 6.69. The Balaban J connectivity index is 1.89. The highest BCUT2D eigenvalue weighted by Gasteiger charge is 2.19. The fourth-order valence-corrected chi connectivity index (χ4v) is 1.76. The largest absolute Gasteiger partial charge is 0.377 e. The lowest BCUT2D eigenvalue weighted by atomic mass is 10.2. The van der Waals surface area contributed by atoms with Crippen molar-refractivity contribution in [2.45, 2.75) is 6.04 Å². The van der Waals surface area contributed by atoms with Crippen LogP contribution in [0.3, 0.4) is 0 Å². The summed E-state index contributed by atoms with van der Waals surface area (Å²) in [6.07, 6.45) is 1.54. The topological polar surface area (TPSA) is 64.9 Å². The summed E-state index contributed by atoms with van der Waals surface area (Å²) in [6.45, 7) is 1.43. The second-order valence-corrected chi connectivity index (χ2v) is 4.20. The third kappa shape index (κ3) is 2.09. The molecular formula is C10H10ClN5O. The molecule has 3 rings (SSSR count). The van der Waals surface area contributed by atoms with E-state index in [0.717, 1.165) is 11.4 Å². The lowest BCUT2D eigenvalue weighted by Gasteiger charge is -2.28. The SMILES string of the molecule is Clc1ccc(-n2cnnn2)cc1NC1COC1. The standard InChI is InChI=1S/C10H10ClN5O/c11-9-2-1-8(16-6-12-14-15-16)3-10(9)13-7-4-17-5-7/h1-3,6-7,13H,4-5H2. The molecule has 0 unspecified atom stereocenters. The van der Waals surface area contributed by atoms with Gasteiger partial charge >= 0.3 is 0 Å². The van der Waals surface area contributed by atoms with Crippen LogP contribution in [0.15, 0.2) is 24.5 Å². The van der Waals surface area contributed by atoms with Gasteiger partial charge in [-0.05, 0) is 28.6 Å². The number of rotatable bonds is 3. The van der Waals surface area contributed by atoms with Gasteiger partial charge in [0.05, 0.1) is 35.7 Å². The van der Waals surface area contributed by atoms with E-state index in [0.29, 0.717) is 24.3 Å². The van der Waals surface area contributed by atoms with Gasteiger partial charge in [0.1, 0.15) is 6.33 Å². The molecule has 2 aromatic rings. The summed E-state index contributed by atoms with van der Waals surface area (Å²) in [5.74, 6) is 0. The zero-order valence-corrected chi connectivity index (χ0v) is 9.63. The number of aromatic nitrogens is 4. The number of nitrogens with one attached hydrogen (secondary N) is 1. The van der Waals surface area contributed by atoms with E-state index in [1.165, 1.54) is 0 Å². The van der Waals surface area contributed by atoms with E-state index >= 15 is 0 Å². The molecule has 1 aliphatic heterocycles. The van der Waals surface area contributed by atoms with E-state index in [9.17, 15) is 0 Å². The number of hydrogen-bond donors (Lipinski definition) is 1. The first kappa shape index (κ1) is 10.5. The van der Waals surface area contributed by atoms with E-state index in [2.05, 4.69) is 20.8 Å². The van der Waals surface area contributed by atoms with Crippen LogP contribution in [0.4, 0.5) is 5.69 Å². The van der Waals surface area contributed by atoms with Gasteiger partial charge in [0.15, 0.2) is 0 Å². The Morgan fingerprint density at radius 2 is 2.29 bits per heavy atom. The van der Waals surface area contributed by atoms with Crippen molar-refractivity contribution >= 4 is 17.3 Å². The molecule has 0 aliphatic carbocycles. The maximum atomic E-state index is 6.12. The summed E-state index contributed by atoms with van der Waals surface area (Å²) in [5, 5.41) is 15.0. The molecule has 0 spiro atoms. The number of benzene rings is 1. The van der Waals surface area contributed by atoms with Gasteiger partial charge < -0.3 is 10.1 Å². The molecule has 0 atom stereocenters. The van der Waals surface area contributed by atoms with E-state index in [1.54, 1.807) is 11.0 Å². The Bertz CT molecular complexity index is 511. The molecule has 1 aromatic carbocycles. The zero-order chi connectivity index (χ0) is 11.7. The third-order valence-electron chi connectivity index (χ3n) is 2.56. The highest BCUT2D eigenvalue weighted by atomic mass is 35.5. The number of hydrogen-bond acceptors (Lipinski definition) is 5. The molecule has 1 saturated heterocycles. The molecule has 0 amide bonds. The highest BCUT2D eigenvalue weighted by molar-refractivity contribution is 6.33. The predicted molar refractivity (Wildman–Crippen MR) is 62.4 cm³/mol. The second-order valence-electron chi connectivity index (χ2n) is 3.80. The molecule has 17 heavy (non-hydrogen) atoms. The normalized spacial score (nSPS) is 15.6. The lowest BCUT2D eigenvalue weighted by molar-refractivity contribution is 0.0211. The van der Waals surface area contributed by atoms with Crippen LogP contribution in [-0.4, -0.2) is 39.5 Å². The molecule has 0 saturated carbocycles. The van der Waals surface area contributed by atoms with Crippen LogP contribution in [0.5, 0.6) is 0 Å². The van der Waals surface area contributed by atoms with Crippen molar-refractivity contribution in [2.24, 2.45) is 0 Å². The first-order chi connectivity index (χ1) is 8.33. The minimum atomic E-state index is 0.330. The Morgan fingerprint density at radius 1 is 1.41 bits per heavy atom. The number of anilines is 1. The molecule has 1 aliphatic rings. The summed E-state index contributed by atoms with van der Waals surface area (Å²) in [7, 11) is 0. The van der Waals surface area contributed by atoms with Crippen molar-refractivity contribution in [2.75, 3.05) is 18.5 Å². The molecule has 6 nitrogen and oxygen atoms in total. The van der Waals surface area contributed by atoms with Gasteiger partial charge in [-0.15, -0.1) is 5.10 Å². The number of halogens is 1. The van der Waals surface area contributed by atoms with E-state index < -0.39 is 0 Å². The van der Waals surface area contributed by atoms with Crippen molar-refractivity contribution in [1.29, 1.82) is 0 Å². The van der Waals surface area contributed by atoms with Crippen LogP contribution in [0.2, 0.25) is 5.02 Å². The van der Waals surface area contributed by atoms with Crippen molar-refractivity contribution in [1.82, 2.24) is 20.2 Å². The summed E-state index contributed by atoms with van der Waals surface area (Å²) in [4.78, 5) is 0. The van der Waals surface area contributed by atoms with Gasteiger partial charge in [-0.25, -0.2) is 4.68 Å². The lowest BCUT2D eigenvalue weighted by Crippen LogP contribution is -2.40. The molecule has 88 valence electrons. The van der Waals surface area contributed by atoms with Crippen molar-refractivity contribution in [3.05, 3.63) is 29.5 Å². The van der Waals surface area contributed by atoms with Gasteiger partial charge in [0, 0.05) is 0 Å². The summed E-state index contributed by atoms with van der Waals surface area (Å²) in [5.41, 5.74) is 1.73. The maximum Gasteiger partial charge on any atom is 0.143 e. The average molecular weight is 252 g/mol. The quantitative estimate of drug-likeness (QED) is 0.886. The zero-order valence-electron chi connectivity index (χ0n) is 8.88. The van der Waals surface area contributed by atoms with Crippen molar-refractivity contribution in [3.8, 4) is 5.69 Å². The Morgan fingerprint density at radius 3 is 2.94 bits per heavy atom. The molecule has 2 heterocycles. The van der Waals surface area contributed by atoms with Crippen molar-refractivity contribution < 1.29 is 4.74 Å². The Hall–Kier alpha value is -1.66. The van der Waals surface area contributed by atoms with Gasteiger partial charge in [0.2, 0.25) is 0 Å². The van der Waals surface area contributed by atoms with Gasteiger partial charge in [-0.2, -0.15) is 0 Å². The van der Waals surface area contributed by atoms with Crippen LogP contribution in [0.25, 0.3) is 5.69 Å². The fourth-order valence-electron chi connectivity index (χ4n) is 1.58. The molecule has 1 aromatic heterocycles. The first-order valence-corrected chi connectivity index (χ1v) is 5.58. The van der Waals surface area contributed by atoms with Crippen LogP contribution >= 0.6 is 11.6 Å². The first-order valence-electron chi connectivity index (χ1n) is 5.20. The Kier molecular flexibility index (Phi) is 2.66. The smallest absolute Gasteiger partial charge is 0.143 e. The van der Waals surface area contributed by atoms with E-state index in [-0.39, 0.29) is 0 Å². The maximum absolute atomic E-state index is 6.12. The van der Waals surface area contributed by atoms with Crippen LogP contribution in [0, 0.1) is 0 Å². The van der Waals surface area contributed by atoms with Crippen molar-refractivity contribution in [3.63, 3.8) is 0 Å². The molecule has 0 bridgehead atoms. The third-order valence-corrected chi connectivity index (χ3v) is 2.89. The highest BCUT2D eigenvalue weighted by Crippen LogP contribution is 2.26. The van der Waals surface area contributed by atoms with E-state index in [4.69, 9.17) is 16.3 Å². The average Bonchev–Trinajstić information content (AvgIpc) is 2.79. The van der Waals surface area contributed by atoms with Gasteiger partial charge in [-0.3, -0.25) is 0 Å². The predicted octanol–water partition coefficient (Wildman–Crippen LogP) is 1.13. The second kappa shape index (κ2) is 4.31. The molecule has 0 radical (unpaired) electrons. The Labute approximate surface area is 103 Å². The number of tetrazole rings is 1. The summed E-state index contributed by atoms with van der Waals surface area (Å²) >= 11 is 6.12. The molecule has 1 fully saturated rings. The van der Waals surface area contributed by atoms with Crippen LogP contribution < -0.4 is 5.32 Å². The van der Waals surface area contributed by atoms with E-state index in [1.807, 2.05) is 18.2 Å². The number of ether oxygens (including phenoxy) is 1. The molecular weight excluding hydrogens is 242 g/mol. The minimum absolute atomic E-state index is 0.330. The monoisotopic (exact) mass is 251 g/mol. The van der Waals surface area contributed by atoms with Gasteiger partial charge in [0.25, 0.3) is 0 Å². The summed E-state index contributed by atoms with van der Waals surface area (Å²) in [6, 6.07) is 5.93. The minimum Gasteiger partial charge on any atom is -0.377 e. The van der Waals surface area contributed by atoms with Crippen LogP contribution in [0.1, 0.15) is 0 Å².